The van der Waals surface area contributed by atoms with Crippen LogP contribution in [-0.4, -0.2) is 54.5 Å². The Morgan fingerprint density at radius 3 is 2.64 bits per heavy atom. The molecule has 0 N–H and O–H groups in total. The monoisotopic (exact) mass is 404 g/mol. The van der Waals surface area contributed by atoms with Crippen LogP contribution < -0.4 is 0 Å². The van der Waals surface area contributed by atoms with Gasteiger partial charge in [-0.1, -0.05) is 35.5 Å². The lowest BCUT2D eigenvalue weighted by molar-refractivity contribution is 0.217. The summed E-state index contributed by atoms with van der Waals surface area (Å²) in [6.07, 6.45) is 3.23. The summed E-state index contributed by atoms with van der Waals surface area (Å²) in [5, 5.41) is 3.78. The average Bonchev–Trinajstić information content (AvgIpc) is 3.32. The van der Waals surface area contributed by atoms with E-state index in [1.54, 1.807) is 23.0 Å². The van der Waals surface area contributed by atoms with Crippen molar-refractivity contribution in [3.8, 4) is 0 Å². The van der Waals surface area contributed by atoms with E-state index in [0.717, 1.165) is 17.0 Å². The molecule has 0 bridgehead atoms. The molecule has 0 aliphatic rings. The molecule has 0 atom stereocenters. The number of ether oxygens (including phenoxy) is 1. The molecule has 0 spiro atoms. The fourth-order valence-electron chi connectivity index (χ4n) is 2.91. The smallest absolute Gasteiger partial charge is 0.228 e. The van der Waals surface area contributed by atoms with E-state index in [2.05, 4.69) is 10.1 Å². The fourth-order valence-corrected chi connectivity index (χ4v) is 4.21. The molecular weight excluding hydrogens is 380 g/mol. The SMILES string of the molecule is COCCS(=O)(=O)c1ncc(CN(C)Cc2ccno2)n1Cc1ccccc1. The Morgan fingerprint density at radius 1 is 1.18 bits per heavy atom. The van der Waals surface area contributed by atoms with Crippen molar-refractivity contribution in [2.24, 2.45) is 0 Å². The van der Waals surface area contributed by atoms with Gasteiger partial charge < -0.3 is 13.8 Å². The lowest BCUT2D eigenvalue weighted by Crippen LogP contribution is -2.22. The van der Waals surface area contributed by atoms with Crippen LogP contribution in [0.3, 0.4) is 0 Å². The normalized spacial score (nSPS) is 12.0. The minimum Gasteiger partial charge on any atom is -0.384 e. The van der Waals surface area contributed by atoms with E-state index in [0.29, 0.717) is 19.6 Å². The van der Waals surface area contributed by atoms with Gasteiger partial charge in [-0.25, -0.2) is 13.4 Å². The van der Waals surface area contributed by atoms with Crippen molar-refractivity contribution < 1.29 is 17.7 Å². The van der Waals surface area contributed by atoms with Crippen molar-refractivity contribution in [3.63, 3.8) is 0 Å². The van der Waals surface area contributed by atoms with Crippen LogP contribution in [0.4, 0.5) is 0 Å². The lowest BCUT2D eigenvalue weighted by Gasteiger charge is -2.17. The van der Waals surface area contributed by atoms with Crippen molar-refractivity contribution in [2.45, 2.75) is 24.8 Å². The standard InChI is InChI=1S/C19H24N4O4S/c1-22(15-18-8-9-21-27-18)14-17-12-20-19(28(24,25)11-10-26-2)23(17)13-16-6-4-3-5-7-16/h3-9,12H,10-11,13-15H2,1-2H3. The molecule has 3 aromatic rings. The minimum atomic E-state index is -3.56. The van der Waals surface area contributed by atoms with Crippen LogP contribution >= 0.6 is 0 Å². The number of sulfone groups is 1. The molecular formula is C19H24N4O4S. The molecule has 8 nitrogen and oxygen atoms in total. The fraction of sp³-hybridized carbons (Fsp3) is 0.368. The number of methoxy groups -OCH3 is 1. The molecule has 0 aliphatic heterocycles. The summed E-state index contributed by atoms with van der Waals surface area (Å²) in [7, 11) is -0.144. The highest BCUT2D eigenvalue weighted by atomic mass is 32.2. The highest BCUT2D eigenvalue weighted by Gasteiger charge is 2.24. The molecule has 150 valence electrons. The van der Waals surface area contributed by atoms with Gasteiger partial charge >= 0.3 is 0 Å². The van der Waals surface area contributed by atoms with E-state index < -0.39 is 9.84 Å². The van der Waals surface area contributed by atoms with Gasteiger partial charge in [0.2, 0.25) is 15.0 Å². The second kappa shape index (κ2) is 9.13. The number of aromatic nitrogens is 3. The van der Waals surface area contributed by atoms with E-state index in [-0.39, 0.29) is 17.5 Å². The molecule has 0 unspecified atom stereocenters. The summed E-state index contributed by atoms with van der Waals surface area (Å²) >= 11 is 0. The maximum atomic E-state index is 12.8. The zero-order valence-corrected chi connectivity index (χ0v) is 16.8. The molecule has 28 heavy (non-hydrogen) atoms. The highest BCUT2D eigenvalue weighted by Crippen LogP contribution is 2.18. The van der Waals surface area contributed by atoms with E-state index >= 15 is 0 Å². The van der Waals surface area contributed by atoms with Gasteiger partial charge in [-0.2, -0.15) is 0 Å². The Balaban J connectivity index is 1.88. The first-order valence-electron chi connectivity index (χ1n) is 8.87. The predicted molar refractivity (Wildman–Crippen MR) is 103 cm³/mol. The number of benzene rings is 1. The van der Waals surface area contributed by atoms with Gasteiger partial charge in [-0.3, -0.25) is 4.90 Å². The van der Waals surface area contributed by atoms with Crippen LogP contribution in [0.1, 0.15) is 17.0 Å². The topological polar surface area (TPSA) is 90.5 Å². The van der Waals surface area contributed by atoms with Gasteiger partial charge in [0.25, 0.3) is 0 Å². The second-order valence-corrected chi connectivity index (χ2v) is 8.57. The molecule has 0 saturated heterocycles. The van der Waals surface area contributed by atoms with Gasteiger partial charge in [-0.05, 0) is 12.6 Å². The third-order valence-corrected chi connectivity index (χ3v) is 5.85. The largest absolute Gasteiger partial charge is 0.384 e. The van der Waals surface area contributed by atoms with Crippen molar-refractivity contribution in [3.05, 3.63) is 65.8 Å². The van der Waals surface area contributed by atoms with Crippen molar-refractivity contribution in [1.82, 2.24) is 19.6 Å². The van der Waals surface area contributed by atoms with Gasteiger partial charge in [0.15, 0.2) is 5.76 Å². The average molecular weight is 404 g/mol. The Morgan fingerprint density at radius 2 is 1.96 bits per heavy atom. The summed E-state index contributed by atoms with van der Waals surface area (Å²) in [5.74, 6) is 0.632. The van der Waals surface area contributed by atoms with E-state index in [1.165, 1.54) is 7.11 Å². The Hall–Kier alpha value is -2.49. The van der Waals surface area contributed by atoms with Crippen molar-refractivity contribution >= 4 is 9.84 Å². The third-order valence-electron chi connectivity index (χ3n) is 4.27. The molecule has 2 aromatic heterocycles. The Kier molecular flexibility index (Phi) is 6.61. The van der Waals surface area contributed by atoms with E-state index in [1.807, 2.05) is 42.3 Å². The second-order valence-electron chi connectivity index (χ2n) is 6.57. The summed E-state index contributed by atoms with van der Waals surface area (Å²) in [4.78, 5) is 6.26. The Bertz CT molecular complexity index is 969. The molecule has 3 rings (SSSR count). The number of hydrogen-bond donors (Lipinski definition) is 0. The van der Waals surface area contributed by atoms with Crippen molar-refractivity contribution in [1.29, 1.82) is 0 Å². The first-order valence-corrected chi connectivity index (χ1v) is 10.5. The number of imidazole rings is 1. The number of rotatable bonds is 10. The van der Waals surface area contributed by atoms with Crippen LogP contribution in [0, 0.1) is 0 Å². The number of hydrogen-bond acceptors (Lipinski definition) is 7. The molecule has 9 heteroatoms. The molecule has 0 aliphatic carbocycles. The minimum absolute atomic E-state index is 0.0662. The van der Waals surface area contributed by atoms with E-state index in [9.17, 15) is 8.42 Å². The first kappa shape index (κ1) is 20.2. The van der Waals surface area contributed by atoms with E-state index in [4.69, 9.17) is 9.26 Å². The first-order chi connectivity index (χ1) is 13.5. The summed E-state index contributed by atoms with van der Waals surface area (Å²) < 4.78 is 37.4. The van der Waals surface area contributed by atoms with Crippen LogP contribution in [0.15, 0.2) is 58.5 Å². The molecule has 0 amide bonds. The summed E-state index contributed by atoms with van der Waals surface area (Å²) in [5.41, 5.74) is 1.81. The molecule has 2 heterocycles. The predicted octanol–water partition coefficient (Wildman–Crippen LogP) is 1.97. The molecule has 1 aromatic carbocycles. The van der Waals surface area contributed by atoms with Gasteiger partial charge in [-0.15, -0.1) is 0 Å². The molecule has 0 fully saturated rings. The zero-order chi connectivity index (χ0) is 20.0. The van der Waals surface area contributed by atoms with Crippen molar-refractivity contribution in [2.75, 3.05) is 26.5 Å². The van der Waals surface area contributed by atoms with Gasteiger partial charge in [0.1, 0.15) is 0 Å². The van der Waals surface area contributed by atoms with Crippen LogP contribution in [0.25, 0.3) is 0 Å². The summed E-state index contributed by atoms with van der Waals surface area (Å²) in [6.45, 7) is 1.62. The van der Waals surface area contributed by atoms with Crippen LogP contribution in [0.2, 0.25) is 0 Å². The van der Waals surface area contributed by atoms with Gasteiger partial charge in [0, 0.05) is 19.7 Å². The maximum Gasteiger partial charge on any atom is 0.228 e. The highest BCUT2D eigenvalue weighted by molar-refractivity contribution is 7.91. The third kappa shape index (κ3) is 5.06. The lowest BCUT2D eigenvalue weighted by atomic mass is 10.2. The quantitative estimate of drug-likeness (QED) is 0.510. The molecule has 0 radical (unpaired) electrons. The number of nitrogens with zero attached hydrogens (tertiary/aromatic N) is 4. The molecule has 0 saturated carbocycles. The summed E-state index contributed by atoms with van der Waals surface area (Å²) in [6, 6.07) is 11.5. The van der Waals surface area contributed by atoms with Crippen LogP contribution in [0.5, 0.6) is 0 Å². The maximum absolute atomic E-state index is 12.8. The Labute approximate surface area is 164 Å². The van der Waals surface area contributed by atoms with Gasteiger partial charge in [0.05, 0.1) is 43.5 Å². The van der Waals surface area contributed by atoms with Crippen LogP contribution in [-0.2, 0) is 34.2 Å². The zero-order valence-electron chi connectivity index (χ0n) is 16.0.